The van der Waals surface area contributed by atoms with Gasteiger partial charge in [-0.1, -0.05) is 6.07 Å². The van der Waals surface area contributed by atoms with E-state index in [0.717, 1.165) is 16.2 Å². The maximum Gasteiger partial charge on any atom is 0.230 e. The van der Waals surface area contributed by atoms with Crippen LogP contribution in [0.4, 0.5) is 0 Å². The molecule has 104 valence electrons. The van der Waals surface area contributed by atoms with Gasteiger partial charge in [0.15, 0.2) is 0 Å². The fourth-order valence-corrected chi connectivity index (χ4v) is 2.37. The molecule has 0 saturated carbocycles. The molecule has 1 amide bonds. The second kappa shape index (κ2) is 7.55. The van der Waals surface area contributed by atoms with Crippen molar-refractivity contribution in [3.63, 3.8) is 0 Å². The van der Waals surface area contributed by atoms with Gasteiger partial charge in [0.25, 0.3) is 0 Å². The number of nitrogens with zero attached hydrogens (tertiary/aromatic N) is 1. The third-order valence-corrected chi connectivity index (χ3v) is 3.64. The first-order chi connectivity index (χ1) is 9.78. The normalized spacial score (nSPS) is 10.1. The van der Waals surface area contributed by atoms with Gasteiger partial charge in [0.05, 0.1) is 12.9 Å². The van der Waals surface area contributed by atoms with Crippen molar-refractivity contribution in [2.45, 2.75) is 11.4 Å². The summed E-state index contributed by atoms with van der Waals surface area (Å²) in [7, 11) is 1.63. The number of methoxy groups -OCH3 is 1. The van der Waals surface area contributed by atoms with Crippen molar-refractivity contribution in [2.24, 2.45) is 0 Å². The predicted molar refractivity (Wildman–Crippen MR) is 79.8 cm³/mol. The second-order valence-electron chi connectivity index (χ2n) is 4.10. The van der Waals surface area contributed by atoms with Gasteiger partial charge in [-0.05, 0) is 35.9 Å². The number of thioether (sulfide) groups is 1. The van der Waals surface area contributed by atoms with E-state index in [1.807, 2.05) is 36.4 Å². The number of aromatic nitrogens is 1. The Balaban J connectivity index is 1.77. The summed E-state index contributed by atoms with van der Waals surface area (Å²) in [5.74, 6) is 1.19. The van der Waals surface area contributed by atoms with E-state index in [0.29, 0.717) is 12.3 Å². The minimum atomic E-state index is 0.00892. The lowest BCUT2D eigenvalue weighted by atomic mass is 10.3. The van der Waals surface area contributed by atoms with E-state index >= 15 is 0 Å². The van der Waals surface area contributed by atoms with Crippen LogP contribution in [0, 0.1) is 0 Å². The molecule has 0 aliphatic carbocycles. The fourth-order valence-electron chi connectivity index (χ4n) is 1.59. The summed E-state index contributed by atoms with van der Waals surface area (Å²) in [6.07, 6.45) is 3.43. The average molecular weight is 288 g/mol. The molecular formula is C15H16N2O2S. The Morgan fingerprint density at radius 3 is 2.85 bits per heavy atom. The molecule has 0 aliphatic rings. The number of rotatable bonds is 6. The van der Waals surface area contributed by atoms with Gasteiger partial charge in [0.1, 0.15) is 5.75 Å². The molecule has 0 aliphatic heterocycles. The van der Waals surface area contributed by atoms with E-state index in [2.05, 4.69) is 10.3 Å². The zero-order valence-electron chi connectivity index (χ0n) is 11.2. The molecule has 1 N–H and O–H groups in total. The van der Waals surface area contributed by atoms with E-state index in [1.165, 1.54) is 11.8 Å². The van der Waals surface area contributed by atoms with Crippen LogP contribution in [0.5, 0.6) is 5.75 Å². The van der Waals surface area contributed by atoms with Crippen LogP contribution in [-0.2, 0) is 11.3 Å². The highest BCUT2D eigenvalue weighted by atomic mass is 32.2. The first-order valence-electron chi connectivity index (χ1n) is 6.20. The molecule has 0 fully saturated rings. The maximum atomic E-state index is 11.8. The highest BCUT2D eigenvalue weighted by Crippen LogP contribution is 2.22. The third kappa shape index (κ3) is 4.59. The van der Waals surface area contributed by atoms with Crippen LogP contribution in [0.15, 0.2) is 53.7 Å². The Bertz CT molecular complexity index is 561. The van der Waals surface area contributed by atoms with E-state index in [4.69, 9.17) is 4.74 Å². The Morgan fingerprint density at radius 2 is 2.10 bits per heavy atom. The van der Waals surface area contributed by atoms with Crippen molar-refractivity contribution in [3.8, 4) is 5.75 Å². The van der Waals surface area contributed by atoms with Gasteiger partial charge in [-0.3, -0.25) is 9.78 Å². The number of amides is 1. The Kier molecular flexibility index (Phi) is 5.43. The standard InChI is InChI=1S/C15H16N2O2S/c1-19-13-3-2-4-14(9-13)20-11-15(18)17-10-12-5-7-16-8-6-12/h2-9H,10-11H2,1H3,(H,17,18). The van der Waals surface area contributed by atoms with Gasteiger partial charge >= 0.3 is 0 Å². The second-order valence-corrected chi connectivity index (χ2v) is 5.15. The number of carbonyl (C=O) groups excluding carboxylic acids is 1. The van der Waals surface area contributed by atoms with Gasteiger partial charge in [0.2, 0.25) is 5.91 Å². The number of hydrogen-bond acceptors (Lipinski definition) is 4. The Morgan fingerprint density at radius 1 is 1.30 bits per heavy atom. The number of carbonyl (C=O) groups is 1. The van der Waals surface area contributed by atoms with Crippen molar-refractivity contribution in [2.75, 3.05) is 12.9 Å². The van der Waals surface area contributed by atoms with Gasteiger partial charge in [-0.2, -0.15) is 0 Å². The molecular weight excluding hydrogens is 272 g/mol. The van der Waals surface area contributed by atoms with Crippen LogP contribution in [0.3, 0.4) is 0 Å². The summed E-state index contributed by atoms with van der Waals surface area (Å²) >= 11 is 1.49. The molecule has 0 atom stereocenters. The van der Waals surface area contributed by atoms with Crippen molar-refractivity contribution in [1.29, 1.82) is 0 Å². The van der Waals surface area contributed by atoms with Crippen LogP contribution < -0.4 is 10.1 Å². The fraction of sp³-hybridized carbons (Fsp3) is 0.200. The Hall–Kier alpha value is -2.01. The molecule has 2 rings (SSSR count). The zero-order valence-corrected chi connectivity index (χ0v) is 12.0. The topological polar surface area (TPSA) is 51.2 Å². The van der Waals surface area contributed by atoms with E-state index in [9.17, 15) is 4.79 Å². The highest BCUT2D eigenvalue weighted by molar-refractivity contribution is 8.00. The molecule has 0 radical (unpaired) electrons. The van der Waals surface area contributed by atoms with Crippen molar-refractivity contribution in [3.05, 3.63) is 54.4 Å². The summed E-state index contributed by atoms with van der Waals surface area (Å²) in [5.41, 5.74) is 1.04. The molecule has 2 aromatic rings. The quantitative estimate of drug-likeness (QED) is 0.830. The third-order valence-electron chi connectivity index (χ3n) is 2.65. The molecule has 20 heavy (non-hydrogen) atoms. The lowest BCUT2D eigenvalue weighted by molar-refractivity contribution is -0.118. The molecule has 0 unspecified atom stereocenters. The van der Waals surface area contributed by atoms with Crippen molar-refractivity contribution < 1.29 is 9.53 Å². The average Bonchev–Trinajstić information content (AvgIpc) is 2.52. The minimum Gasteiger partial charge on any atom is -0.497 e. The van der Waals surface area contributed by atoms with Crippen LogP contribution in [0.2, 0.25) is 0 Å². The molecule has 4 nitrogen and oxygen atoms in total. The van der Waals surface area contributed by atoms with E-state index < -0.39 is 0 Å². The van der Waals surface area contributed by atoms with Gasteiger partial charge in [-0.15, -0.1) is 11.8 Å². The molecule has 5 heteroatoms. The number of ether oxygens (including phenoxy) is 1. The molecule has 1 heterocycles. The lowest BCUT2D eigenvalue weighted by Crippen LogP contribution is -2.24. The van der Waals surface area contributed by atoms with E-state index in [1.54, 1.807) is 19.5 Å². The largest absolute Gasteiger partial charge is 0.497 e. The van der Waals surface area contributed by atoms with Crippen LogP contribution in [-0.4, -0.2) is 23.8 Å². The van der Waals surface area contributed by atoms with Gasteiger partial charge < -0.3 is 10.1 Å². The summed E-state index contributed by atoms with van der Waals surface area (Å²) < 4.78 is 5.15. The van der Waals surface area contributed by atoms with Gasteiger partial charge in [0, 0.05) is 23.8 Å². The SMILES string of the molecule is COc1cccc(SCC(=O)NCc2ccncc2)c1. The smallest absolute Gasteiger partial charge is 0.230 e. The first kappa shape index (κ1) is 14.4. The Labute approximate surface area is 122 Å². The molecule has 0 saturated heterocycles. The zero-order chi connectivity index (χ0) is 14.2. The number of nitrogens with one attached hydrogen (secondary N) is 1. The lowest BCUT2D eigenvalue weighted by Gasteiger charge is -2.06. The summed E-state index contributed by atoms with van der Waals surface area (Å²) in [4.78, 5) is 16.7. The highest BCUT2D eigenvalue weighted by Gasteiger charge is 2.03. The summed E-state index contributed by atoms with van der Waals surface area (Å²) in [6, 6.07) is 11.4. The van der Waals surface area contributed by atoms with Crippen LogP contribution >= 0.6 is 11.8 Å². The summed E-state index contributed by atoms with van der Waals surface area (Å²) in [5, 5.41) is 2.88. The predicted octanol–water partition coefficient (Wildman–Crippen LogP) is 2.50. The number of hydrogen-bond donors (Lipinski definition) is 1. The van der Waals surface area contributed by atoms with E-state index in [-0.39, 0.29) is 5.91 Å². The maximum absolute atomic E-state index is 11.8. The monoisotopic (exact) mass is 288 g/mol. The van der Waals surface area contributed by atoms with Crippen LogP contribution in [0.25, 0.3) is 0 Å². The molecule has 1 aromatic heterocycles. The number of benzene rings is 1. The number of pyridine rings is 1. The van der Waals surface area contributed by atoms with Crippen LogP contribution in [0.1, 0.15) is 5.56 Å². The summed E-state index contributed by atoms with van der Waals surface area (Å²) in [6.45, 7) is 0.528. The van der Waals surface area contributed by atoms with Crippen molar-refractivity contribution in [1.82, 2.24) is 10.3 Å². The van der Waals surface area contributed by atoms with Gasteiger partial charge in [-0.25, -0.2) is 0 Å². The van der Waals surface area contributed by atoms with Crippen molar-refractivity contribution >= 4 is 17.7 Å². The molecule has 0 bridgehead atoms. The molecule has 0 spiro atoms. The first-order valence-corrected chi connectivity index (χ1v) is 7.19. The molecule has 1 aromatic carbocycles. The minimum absolute atomic E-state index is 0.00892.